The molecule has 2 fully saturated rings. The highest BCUT2D eigenvalue weighted by molar-refractivity contribution is 6.30. The molecule has 36 heavy (non-hydrogen) atoms. The maximum Gasteiger partial charge on any atom is 0.404 e. The first-order valence-corrected chi connectivity index (χ1v) is 12.5. The molecule has 3 heterocycles. The fraction of sp³-hybridized carbons (Fsp3) is 0.500. The summed E-state index contributed by atoms with van der Waals surface area (Å²) in [5.41, 5.74) is 1.35. The van der Waals surface area contributed by atoms with Crippen LogP contribution in [0.1, 0.15) is 23.3 Å². The summed E-state index contributed by atoms with van der Waals surface area (Å²) in [4.78, 5) is 38.7. The van der Waals surface area contributed by atoms with E-state index in [1.165, 1.54) is 0 Å². The van der Waals surface area contributed by atoms with Crippen LogP contribution in [0.5, 0.6) is 5.75 Å². The van der Waals surface area contributed by atoms with Gasteiger partial charge in [0.1, 0.15) is 11.4 Å². The number of nitrogens with one attached hydrogen (secondary N) is 2. The van der Waals surface area contributed by atoms with E-state index in [4.69, 9.17) is 21.4 Å². The molecule has 0 saturated carbocycles. The zero-order valence-electron chi connectivity index (χ0n) is 20.3. The Kier molecular flexibility index (Phi) is 8.65. The second kappa shape index (κ2) is 12.1. The number of carbonyl (C=O) groups excluding carboxylic acids is 1. The second-order valence-electron chi connectivity index (χ2n) is 8.85. The quantitative estimate of drug-likeness (QED) is 0.483. The van der Waals surface area contributed by atoms with E-state index in [9.17, 15) is 9.59 Å². The maximum atomic E-state index is 12.9. The predicted molar refractivity (Wildman–Crippen MR) is 137 cm³/mol. The van der Waals surface area contributed by atoms with Crippen molar-refractivity contribution in [2.75, 3.05) is 69.7 Å². The van der Waals surface area contributed by atoms with Crippen molar-refractivity contribution in [3.05, 3.63) is 41.2 Å². The number of hydrogen-bond donors (Lipinski definition) is 3. The van der Waals surface area contributed by atoms with Gasteiger partial charge < -0.3 is 30.3 Å². The van der Waals surface area contributed by atoms with Gasteiger partial charge in [0.05, 0.1) is 12.8 Å². The molecule has 1 aromatic heterocycles. The van der Waals surface area contributed by atoms with Crippen LogP contribution in [0.4, 0.5) is 16.4 Å². The third-order valence-corrected chi connectivity index (χ3v) is 6.78. The number of piperidine rings is 1. The summed E-state index contributed by atoms with van der Waals surface area (Å²) < 4.78 is 5.49. The summed E-state index contributed by atoms with van der Waals surface area (Å²) in [7, 11) is 1.67. The number of amides is 2. The molecule has 11 nitrogen and oxygen atoms in total. The largest absolute Gasteiger partial charge is 0.495 e. The lowest BCUT2D eigenvalue weighted by Crippen LogP contribution is -2.47. The van der Waals surface area contributed by atoms with Crippen molar-refractivity contribution >= 4 is 35.2 Å². The van der Waals surface area contributed by atoms with Crippen LogP contribution >= 0.6 is 11.6 Å². The van der Waals surface area contributed by atoms with Crippen LogP contribution in [0.3, 0.4) is 0 Å². The van der Waals surface area contributed by atoms with Crippen molar-refractivity contribution in [3.8, 4) is 5.75 Å². The molecule has 2 saturated heterocycles. The van der Waals surface area contributed by atoms with Gasteiger partial charge in [0, 0.05) is 69.6 Å². The first-order chi connectivity index (χ1) is 17.4. The van der Waals surface area contributed by atoms with Gasteiger partial charge in [-0.25, -0.2) is 14.8 Å². The number of ether oxygens (including phenoxy) is 1. The smallest absolute Gasteiger partial charge is 0.404 e. The van der Waals surface area contributed by atoms with Gasteiger partial charge in [0.2, 0.25) is 5.95 Å². The van der Waals surface area contributed by atoms with Gasteiger partial charge in [0.25, 0.3) is 5.91 Å². The number of hydrogen-bond acceptors (Lipinski definition) is 8. The van der Waals surface area contributed by atoms with E-state index < -0.39 is 6.09 Å². The van der Waals surface area contributed by atoms with Gasteiger partial charge in [0.15, 0.2) is 0 Å². The Balaban J connectivity index is 1.22. The number of rotatable bonds is 8. The van der Waals surface area contributed by atoms with E-state index in [1.807, 2.05) is 18.2 Å². The van der Waals surface area contributed by atoms with Gasteiger partial charge >= 0.3 is 6.09 Å². The van der Waals surface area contributed by atoms with Gasteiger partial charge in [-0.3, -0.25) is 9.69 Å². The third-order valence-electron chi connectivity index (χ3n) is 6.55. The standard InChI is InChI=1S/C24H32ClN7O4/c1-36-21-3-2-17(25)16-20(21)31-14-12-30(13-15-31)11-8-27-23-26-7-4-19(29-23)22(33)32-9-5-18(6-10-32)28-24(34)35/h2-4,7,16,18,28H,5-6,8-15H2,1H3,(H,34,35)(H,26,27,29). The van der Waals surface area contributed by atoms with Crippen LogP contribution in [0.2, 0.25) is 5.02 Å². The summed E-state index contributed by atoms with van der Waals surface area (Å²) in [6.45, 7) is 6.02. The number of aromatic nitrogens is 2. The van der Waals surface area contributed by atoms with Crippen molar-refractivity contribution in [1.29, 1.82) is 0 Å². The molecule has 2 aromatic rings. The SMILES string of the molecule is COc1ccc(Cl)cc1N1CCN(CCNc2nccc(C(=O)N3CCC(NC(=O)O)CC3)n2)CC1. The van der Waals surface area contributed by atoms with Crippen LogP contribution in [0, 0.1) is 0 Å². The fourth-order valence-electron chi connectivity index (χ4n) is 4.57. The lowest BCUT2D eigenvalue weighted by molar-refractivity contribution is 0.0700. The van der Waals surface area contributed by atoms with Gasteiger partial charge in [-0.05, 0) is 37.1 Å². The first-order valence-electron chi connectivity index (χ1n) is 12.1. The lowest BCUT2D eigenvalue weighted by Gasteiger charge is -2.36. The minimum absolute atomic E-state index is 0.122. The van der Waals surface area contributed by atoms with Gasteiger partial charge in [-0.1, -0.05) is 11.6 Å². The Hall–Kier alpha value is -3.31. The number of anilines is 2. The normalized spacial score (nSPS) is 17.1. The molecule has 194 valence electrons. The van der Waals surface area contributed by atoms with Crippen molar-refractivity contribution in [2.24, 2.45) is 0 Å². The van der Waals surface area contributed by atoms with Crippen LogP contribution in [0.25, 0.3) is 0 Å². The Morgan fingerprint density at radius 3 is 2.58 bits per heavy atom. The Morgan fingerprint density at radius 2 is 1.89 bits per heavy atom. The average Bonchev–Trinajstić information content (AvgIpc) is 2.89. The molecule has 4 rings (SSSR count). The number of carboxylic acid groups (broad SMARTS) is 1. The number of benzene rings is 1. The summed E-state index contributed by atoms with van der Waals surface area (Å²) in [5.74, 6) is 1.08. The molecule has 0 aliphatic carbocycles. The minimum atomic E-state index is -1.03. The van der Waals surface area contributed by atoms with E-state index in [-0.39, 0.29) is 11.9 Å². The molecule has 0 radical (unpaired) electrons. The topological polar surface area (TPSA) is 123 Å². The molecule has 12 heteroatoms. The molecular weight excluding hydrogens is 486 g/mol. The molecular formula is C24H32ClN7O4. The highest BCUT2D eigenvalue weighted by atomic mass is 35.5. The maximum absolute atomic E-state index is 12.9. The predicted octanol–water partition coefficient (Wildman–Crippen LogP) is 2.24. The Bertz CT molecular complexity index is 1060. The molecule has 0 unspecified atom stereocenters. The fourth-order valence-corrected chi connectivity index (χ4v) is 4.74. The van der Waals surface area contributed by atoms with Crippen molar-refractivity contribution < 1.29 is 19.4 Å². The third kappa shape index (κ3) is 6.67. The molecule has 3 N–H and O–H groups in total. The number of methoxy groups -OCH3 is 1. The summed E-state index contributed by atoms with van der Waals surface area (Å²) in [5, 5.41) is 15.3. The van der Waals surface area contributed by atoms with Gasteiger partial charge in [-0.2, -0.15) is 0 Å². The van der Waals surface area contributed by atoms with Crippen LogP contribution in [-0.4, -0.2) is 102 Å². The summed E-state index contributed by atoms with van der Waals surface area (Å²) in [6, 6.07) is 7.16. The number of nitrogens with zero attached hydrogens (tertiary/aromatic N) is 5. The molecule has 2 amide bonds. The molecule has 0 atom stereocenters. The zero-order chi connectivity index (χ0) is 25.5. The van der Waals surface area contributed by atoms with E-state index in [0.29, 0.717) is 49.1 Å². The number of piperazine rings is 1. The molecule has 2 aliphatic heterocycles. The average molecular weight is 518 g/mol. The lowest BCUT2D eigenvalue weighted by atomic mass is 10.0. The monoisotopic (exact) mass is 517 g/mol. The molecule has 2 aliphatic rings. The highest BCUT2D eigenvalue weighted by Crippen LogP contribution is 2.31. The Morgan fingerprint density at radius 1 is 1.14 bits per heavy atom. The number of halogens is 1. The number of likely N-dealkylation sites (tertiary alicyclic amines) is 1. The van der Waals surface area contributed by atoms with Gasteiger partial charge in [-0.15, -0.1) is 0 Å². The van der Waals surface area contributed by atoms with E-state index in [0.717, 1.165) is 44.2 Å². The minimum Gasteiger partial charge on any atom is -0.495 e. The highest BCUT2D eigenvalue weighted by Gasteiger charge is 2.25. The van der Waals surface area contributed by atoms with Crippen molar-refractivity contribution in [1.82, 2.24) is 25.1 Å². The summed E-state index contributed by atoms with van der Waals surface area (Å²) in [6.07, 6.45) is 1.73. The molecule has 0 bridgehead atoms. The summed E-state index contributed by atoms with van der Waals surface area (Å²) >= 11 is 6.19. The molecule has 1 aromatic carbocycles. The number of carbonyl (C=O) groups is 2. The van der Waals surface area contributed by atoms with E-state index in [2.05, 4.69) is 30.4 Å². The van der Waals surface area contributed by atoms with Crippen LogP contribution in [0.15, 0.2) is 30.5 Å². The Labute approximate surface area is 215 Å². The molecule has 0 spiro atoms. The zero-order valence-corrected chi connectivity index (χ0v) is 21.1. The van der Waals surface area contributed by atoms with E-state index >= 15 is 0 Å². The van der Waals surface area contributed by atoms with Crippen LogP contribution < -0.4 is 20.3 Å². The second-order valence-corrected chi connectivity index (χ2v) is 9.29. The van der Waals surface area contributed by atoms with Crippen LogP contribution in [-0.2, 0) is 0 Å². The van der Waals surface area contributed by atoms with Crippen molar-refractivity contribution in [3.63, 3.8) is 0 Å². The first kappa shape index (κ1) is 25.8. The van der Waals surface area contributed by atoms with Crippen molar-refractivity contribution in [2.45, 2.75) is 18.9 Å². The van der Waals surface area contributed by atoms with E-state index in [1.54, 1.807) is 24.3 Å².